The number of oxime groups is 1. The molecular formula is C14H15ClF6N4O2. The maximum absolute atomic E-state index is 13.3. The van der Waals surface area contributed by atoms with Gasteiger partial charge in [-0.2, -0.15) is 26.3 Å². The number of nitrogens with zero attached hydrogens (tertiary/aromatic N) is 2. The number of halogens is 7. The van der Waals surface area contributed by atoms with Gasteiger partial charge in [0.15, 0.2) is 0 Å². The second-order valence-electron chi connectivity index (χ2n) is 5.64. The summed E-state index contributed by atoms with van der Waals surface area (Å²) >= 11 is 5.46. The largest absolute Gasteiger partial charge is 0.461 e. The molecule has 0 aliphatic carbocycles. The van der Waals surface area contributed by atoms with E-state index in [1.807, 2.05) is 0 Å². The lowest BCUT2D eigenvalue weighted by Gasteiger charge is -2.34. The third-order valence-corrected chi connectivity index (χ3v) is 3.49. The van der Waals surface area contributed by atoms with E-state index < -0.39 is 35.2 Å². The topological polar surface area (TPSA) is 75.6 Å². The van der Waals surface area contributed by atoms with Crippen LogP contribution >= 0.6 is 11.6 Å². The molecule has 1 heterocycles. The van der Waals surface area contributed by atoms with Gasteiger partial charge in [-0.05, 0) is 18.6 Å². The van der Waals surface area contributed by atoms with Gasteiger partial charge in [-0.15, -0.1) is 0 Å². The molecule has 0 saturated carbocycles. The van der Waals surface area contributed by atoms with E-state index in [4.69, 9.17) is 11.6 Å². The van der Waals surface area contributed by atoms with E-state index in [1.165, 1.54) is 32.2 Å². The Kier molecular flexibility index (Phi) is 6.92. The Morgan fingerprint density at radius 2 is 1.74 bits per heavy atom. The van der Waals surface area contributed by atoms with Crippen molar-refractivity contribution in [2.75, 3.05) is 5.32 Å². The minimum absolute atomic E-state index is 0.278. The fourth-order valence-electron chi connectivity index (χ4n) is 1.50. The highest BCUT2D eigenvalue weighted by Gasteiger charge is 2.76. The van der Waals surface area contributed by atoms with Gasteiger partial charge < -0.3 is 4.84 Å². The van der Waals surface area contributed by atoms with Gasteiger partial charge >= 0.3 is 24.1 Å². The van der Waals surface area contributed by atoms with Crippen LogP contribution in [0.3, 0.4) is 0 Å². The lowest BCUT2D eigenvalue weighted by molar-refractivity contribution is -0.388. The third-order valence-electron chi connectivity index (χ3n) is 2.99. The average Bonchev–Trinajstić information content (AvgIpc) is 2.50. The molecule has 0 atom stereocenters. The number of amides is 2. The molecule has 1 aromatic heterocycles. The number of alkyl halides is 6. The molecule has 0 spiro atoms. The summed E-state index contributed by atoms with van der Waals surface area (Å²) in [6, 6.07) is 0.760. The first-order valence-electron chi connectivity index (χ1n) is 7.26. The van der Waals surface area contributed by atoms with Crippen LogP contribution in [-0.2, 0) is 4.84 Å². The van der Waals surface area contributed by atoms with Crippen LogP contribution in [-0.4, -0.2) is 34.3 Å². The summed E-state index contributed by atoms with van der Waals surface area (Å²) in [4.78, 5) is 19.1. The second-order valence-corrected chi connectivity index (χ2v) is 6.02. The lowest BCUT2D eigenvalue weighted by atomic mass is 10.2. The number of hydrogen-bond donors (Lipinski definition) is 2. The van der Waals surface area contributed by atoms with E-state index in [9.17, 15) is 31.1 Å². The Morgan fingerprint density at radius 1 is 1.19 bits per heavy atom. The molecule has 6 nitrogen and oxygen atoms in total. The van der Waals surface area contributed by atoms with Crippen molar-refractivity contribution in [1.82, 2.24) is 10.3 Å². The SMILES string of the molecule is Cc1ccc(NC(=O)NC(O/N=C(\Cl)C(C)C)(C(F)(F)F)C(F)(F)F)nc1. The number of rotatable bonds is 5. The molecule has 0 fully saturated rings. The standard InChI is InChI=1S/C14H15ClF6N4O2/c1-7(2)10(15)25-27-12(13(16,17)18,14(19,20)21)24-11(26)23-9-5-4-8(3)6-22-9/h4-7H,1-3H3,(H2,22,23,24,26)/b25-10-. The van der Waals surface area contributed by atoms with Gasteiger partial charge in [-0.3, -0.25) is 10.6 Å². The summed E-state index contributed by atoms with van der Waals surface area (Å²) < 4.78 is 79.6. The van der Waals surface area contributed by atoms with Crippen LogP contribution in [0.5, 0.6) is 0 Å². The minimum atomic E-state index is -6.11. The number of carbonyl (C=O) groups excluding carboxylic acids is 1. The van der Waals surface area contributed by atoms with Gasteiger partial charge in [0.25, 0.3) is 0 Å². The Hall–Kier alpha value is -2.24. The Labute approximate surface area is 154 Å². The van der Waals surface area contributed by atoms with Crippen molar-refractivity contribution in [3.63, 3.8) is 0 Å². The molecule has 13 heteroatoms. The fourth-order valence-corrected chi connectivity index (χ4v) is 1.53. The van der Waals surface area contributed by atoms with E-state index in [2.05, 4.69) is 15.0 Å². The maximum Gasteiger partial charge on any atom is 0.461 e. The highest BCUT2D eigenvalue weighted by molar-refractivity contribution is 6.65. The first-order valence-corrected chi connectivity index (χ1v) is 7.64. The van der Waals surface area contributed by atoms with Gasteiger partial charge in [-0.25, -0.2) is 9.78 Å². The zero-order valence-electron chi connectivity index (χ0n) is 14.2. The summed E-state index contributed by atoms with van der Waals surface area (Å²) in [5.41, 5.74) is -4.47. The predicted octanol–water partition coefficient (Wildman–Crippen LogP) is 4.56. The normalized spacial score (nSPS) is 13.5. The van der Waals surface area contributed by atoms with Crippen LogP contribution in [0.4, 0.5) is 37.0 Å². The molecule has 152 valence electrons. The first-order chi connectivity index (χ1) is 12.2. The van der Waals surface area contributed by atoms with Crippen LogP contribution in [0, 0.1) is 12.8 Å². The number of carbonyl (C=O) groups is 1. The van der Waals surface area contributed by atoms with Gasteiger partial charge in [0.1, 0.15) is 11.0 Å². The smallest absolute Gasteiger partial charge is 0.346 e. The van der Waals surface area contributed by atoms with Crippen molar-refractivity contribution in [2.24, 2.45) is 11.1 Å². The van der Waals surface area contributed by atoms with Crippen molar-refractivity contribution < 1.29 is 36.0 Å². The van der Waals surface area contributed by atoms with Crippen LogP contribution < -0.4 is 10.6 Å². The van der Waals surface area contributed by atoms with Gasteiger partial charge in [0.2, 0.25) is 0 Å². The van der Waals surface area contributed by atoms with Gasteiger partial charge in [0.05, 0.1) is 0 Å². The third kappa shape index (κ3) is 5.62. The lowest BCUT2D eigenvalue weighted by Crippen LogP contribution is -2.69. The van der Waals surface area contributed by atoms with E-state index in [1.54, 1.807) is 12.2 Å². The molecular weight excluding hydrogens is 406 g/mol. The Balaban J connectivity index is 3.21. The van der Waals surface area contributed by atoms with E-state index in [0.29, 0.717) is 5.56 Å². The maximum atomic E-state index is 13.3. The average molecular weight is 421 g/mol. The van der Waals surface area contributed by atoms with Crippen molar-refractivity contribution in [3.8, 4) is 0 Å². The van der Waals surface area contributed by atoms with Crippen molar-refractivity contribution in [3.05, 3.63) is 23.9 Å². The summed E-state index contributed by atoms with van der Waals surface area (Å²) in [5.74, 6) is -0.989. The molecule has 1 aromatic rings. The van der Waals surface area contributed by atoms with Crippen LogP contribution in [0.15, 0.2) is 23.5 Å². The number of hydrogen-bond acceptors (Lipinski definition) is 4. The highest BCUT2D eigenvalue weighted by atomic mass is 35.5. The van der Waals surface area contributed by atoms with Gasteiger partial charge in [-0.1, -0.05) is 36.7 Å². The summed E-state index contributed by atoms with van der Waals surface area (Å²) in [7, 11) is 0. The van der Waals surface area contributed by atoms with Crippen LogP contribution in [0.1, 0.15) is 19.4 Å². The number of nitrogens with one attached hydrogen (secondary N) is 2. The number of aryl methyl sites for hydroxylation is 1. The van der Waals surface area contributed by atoms with Crippen molar-refractivity contribution in [1.29, 1.82) is 0 Å². The van der Waals surface area contributed by atoms with E-state index in [0.717, 1.165) is 5.32 Å². The molecule has 2 N–H and O–H groups in total. The number of urea groups is 1. The molecule has 0 unspecified atom stereocenters. The van der Waals surface area contributed by atoms with E-state index >= 15 is 0 Å². The van der Waals surface area contributed by atoms with Crippen molar-refractivity contribution in [2.45, 2.75) is 38.8 Å². The van der Waals surface area contributed by atoms with Gasteiger partial charge in [0, 0.05) is 12.1 Å². The number of anilines is 1. The monoisotopic (exact) mass is 420 g/mol. The molecule has 27 heavy (non-hydrogen) atoms. The zero-order chi connectivity index (χ0) is 21.0. The highest BCUT2D eigenvalue weighted by Crippen LogP contribution is 2.44. The molecule has 0 saturated heterocycles. The second kappa shape index (κ2) is 8.19. The van der Waals surface area contributed by atoms with E-state index in [-0.39, 0.29) is 5.82 Å². The fraction of sp³-hybridized carbons (Fsp3) is 0.500. The molecule has 0 radical (unpaired) electrons. The quantitative estimate of drug-likeness (QED) is 0.317. The number of aromatic nitrogens is 1. The minimum Gasteiger partial charge on any atom is -0.346 e. The molecule has 1 rings (SSSR count). The Morgan fingerprint density at radius 3 is 2.15 bits per heavy atom. The van der Waals surface area contributed by atoms with Crippen LogP contribution in [0.2, 0.25) is 0 Å². The summed E-state index contributed by atoms with van der Waals surface area (Å²) in [6.45, 7) is 4.36. The predicted molar refractivity (Wildman–Crippen MR) is 85.2 cm³/mol. The van der Waals surface area contributed by atoms with Crippen LogP contribution in [0.25, 0.3) is 0 Å². The Bertz CT molecular complexity index is 674. The van der Waals surface area contributed by atoms with Crippen molar-refractivity contribution >= 4 is 28.6 Å². The summed E-state index contributed by atoms with van der Waals surface area (Å²) in [6.07, 6.45) is -11.0. The molecule has 0 aromatic carbocycles. The molecule has 0 aliphatic heterocycles. The summed E-state index contributed by atoms with van der Waals surface area (Å²) in [5, 5.41) is 4.52. The number of pyridine rings is 1. The molecule has 0 bridgehead atoms. The first kappa shape index (κ1) is 22.8. The molecule has 0 aliphatic rings. The molecule has 2 amide bonds. The zero-order valence-corrected chi connectivity index (χ0v) is 14.9.